The molecule has 0 spiro atoms. The highest BCUT2D eigenvalue weighted by molar-refractivity contribution is 5.79. The molecule has 2 aromatic carbocycles. The molecule has 250 valence electrons. The molecule has 0 bridgehead atoms. The quantitative estimate of drug-likeness (QED) is 0.253. The number of aliphatic hydroxyl groups excluding tert-OH is 1. The van der Waals surface area contributed by atoms with Crippen LogP contribution in [0.2, 0.25) is 0 Å². The van der Waals surface area contributed by atoms with E-state index in [1.165, 1.54) is 16.7 Å². The zero-order valence-electron chi connectivity index (χ0n) is 28.5. The van der Waals surface area contributed by atoms with Crippen LogP contribution in [-0.4, -0.2) is 76.6 Å². The van der Waals surface area contributed by atoms with Crippen LogP contribution in [0.25, 0.3) is 0 Å². The molecular weight excluding hydrogens is 574 g/mol. The van der Waals surface area contributed by atoms with Gasteiger partial charge in [-0.05, 0) is 74.8 Å². The monoisotopic (exact) mass is 629 g/mol. The van der Waals surface area contributed by atoms with Gasteiger partial charge in [-0.1, -0.05) is 74.5 Å². The molecule has 5 rings (SSSR count). The van der Waals surface area contributed by atoms with Crippen LogP contribution < -0.4 is 10.6 Å². The molecule has 1 aromatic heterocycles. The van der Waals surface area contributed by atoms with Crippen molar-refractivity contribution in [1.82, 2.24) is 25.4 Å². The van der Waals surface area contributed by atoms with Gasteiger partial charge in [0.05, 0.1) is 12.1 Å². The van der Waals surface area contributed by atoms with Crippen LogP contribution in [0, 0.1) is 5.92 Å². The van der Waals surface area contributed by atoms with E-state index in [-0.39, 0.29) is 23.4 Å². The standard InChI is InChI=1S/C31H38N4O2.C5H11NO.C2H6/c36-28(23-35-17-15-34(16-18-35)22-25-9-6-14-32-21-25)20-27(19-24-7-2-1-3-8-24)31(37)33-30-13-12-26-10-4-5-11-29(26)30;1-5(2,3)6-4-7;1-2/h1-11,14,21,27-28,30,36H,12-13,15-20,22-23H2,(H,33,37);4H,1-3H3,(H,6,7);1-2H3/t27-,28+,30-;;/m1../s1. The molecule has 0 radical (unpaired) electrons. The molecule has 8 nitrogen and oxygen atoms in total. The fourth-order valence-corrected chi connectivity index (χ4v) is 5.94. The number of nitrogens with zero attached hydrogens (tertiary/aromatic N) is 3. The summed E-state index contributed by atoms with van der Waals surface area (Å²) in [6, 6.07) is 22.7. The van der Waals surface area contributed by atoms with Gasteiger partial charge >= 0.3 is 0 Å². The highest BCUT2D eigenvalue weighted by Crippen LogP contribution is 2.31. The van der Waals surface area contributed by atoms with E-state index in [4.69, 9.17) is 0 Å². The number of nitrogens with one attached hydrogen (secondary N) is 2. The Hall–Kier alpha value is -3.59. The van der Waals surface area contributed by atoms with E-state index < -0.39 is 6.10 Å². The van der Waals surface area contributed by atoms with E-state index in [0.29, 0.717) is 25.8 Å². The van der Waals surface area contributed by atoms with Crippen molar-refractivity contribution in [3.05, 3.63) is 101 Å². The van der Waals surface area contributed by atoms with Gasteiger partial charge in [0.15, 0.2) is 0 Å². The minimum absolute atomic E-state index is 0.0471. The fraction of sp³-hybridized carbons (Fsp3) is 0.500. The zero-order chi connectivity index (χ0) is 33.4. The number of rotatable bonds is 11. The number of aromatic nitrogens is 1. The fourth-order valence-electron chi connectivity index (χ4n) is 5.94. The summed E-state index contributed by atoms with van der Waals surface area (Å²) in [6.07, 6.45) is 6.94. The van der Waals surface area contributed by atoms with E-state index in [9.17, 15) is 14.7 Å². The number of benzene rings is 2. The number of aliphatic hydroxyl groups is 1. The molecule has 1 fully saturated rings. The molecule has 1 saturated heterocycles. The molecule has 1 aliphatic heterocycles. The summed E-state index contributed by atoms with van der Waals surface area (Å²) in [7, 11) is 0. The van der Waals surface area contributed by atoms with E-state index in [2.05, 4.69) is 61.8 Å². The second kappa shape index (κ2) is 19.2. The van der Waals surface area contributed by atoms with Gasteiger partial charge in [0.2, 0.25) is 12.3 Å². The Morgan fingerprint density at radius 3 is 2.24 bits per heavy atom. The first kappa shape index (κ1) is 36.9. The minimum Gasteiger partial charge on any atom is -0.392 e. The Kier molecular flexibility index (Phi) is 15.4. The topological polar surface area (TPSA) is 97.8 Å². The Morgan fingerprint density at radius 2 is 1.61 bits per heavy atom. The first-order valence-electron chi connectivity index (χ1n) is 16.9. The van der Waals surface area contributed by atoms with Crippen molar-refractivity contribution < 1.29 is 14.7 Å². The Morgan fingerprint density at radius 1 is 0.957 bits per heavy atom. The first-order chi connectivity index (χ1) is 22.2. The molecule has 8 heteroatoms. The SMILES string of the molecule is CC.CC(C)(C)NC=O.O=C(N[C@@H]1CCc2ccccc21)[C@H](Cc1ccccc1)C[C@H](O)CN1CCN(Cc2cccnc2)CC1. The summed E-state index contributed by atoms with van der Waals surface area (Å²) < 4.78 is 0. The van der Waals surface area contributed by atoms with Crippen LogP contribution in [0.5, 0.6) is 0 Å². The van der Waals surface area contributed by atoms with Crippen molar-refractivity contribution in [3.63, 3.8) is 0 Å². The summed E-state index contributed by atoms with van der Waals surface area (Å²) in [5.41, 5.74) is 4.86. The average Bonchev–Trinajstić information content (AvgIpc) is 3.46. The minimum atomic E-state index is -0.541. The van der Waals surface area contributed by atoms with Crippen molar-refractivity contribution >= 4 is 12.3 Å². The van der Waals surface area contributed by atoms with Crippen LogP contribution >= 0.6 is 0 Å². The lowest BCUT2D eigenvalue weighted by Gasteiger charge is -2.36. The number of aryl methyl sites for hydroxylation is 1. The van der Waals surface area contributed by atoms with Gasteiger partial charge in [-0.3, -0.25) is 24.4 Å². The molecule has 0 saturated carbocycles. The average molecular weight is 630 g/mol. The van der Waals surface area contributed by atoms with Crippen LogP contribution in [-0.2, 0) is 29.0 Å². The van der Waals surface area contributed by atoms with Crippen molar-refractivity contribution in [1.29, 1.82) is 0 Å². The van der Waals surface area contributed by atoms with Gasteiger partial charge < -0.3 is 15.7 Å². The number of piperazine rings is 1. The van der Waals surface area contributed by atoms with Gasteiger partial charge in [-0.25, -0.2) is 0 Å². The lowest BCUT2D eigenvalue weighted by atomic mass is 9.92. The van der Waals surface area contributed by atoms with Crippen LogP contribution in [0.3, 0.4) is 0 Å². The molecule has 46 heavy (non-hydrogen) atoms. The largest absolute Gasteiger partial charge is 0.392 e. The molecule has 0 unspecified atom stereocenters. The van der Waals surface area contributed by atoms with Crippen molar-refractivity contribution in [2.45, 2.75) is 84.5 Å². The van der Waals surface area contributed by atoms with Gasteiger partial charge in [-0.15, -0.1) is 0 Å². The summed E-state index contributed by atoms with van der Waals surface area (Å²) in [5, 5.41) is 17.0. The van der Waals surface area contributed by atoms with E-state index in [1.54, 1.807) is 6.20 Å². The summed E-state index contributed by atoms with van der Waals surface area (Å²) in [4.78, 5) is 32.2. The second-order valence-electron chi connectivity index (χ2n) is 13.0. The maximum absolute atomic E-state index is 13.5. The van der Waals surface area contributed by atoms with Crippen LogP contribution in [0.1, 0.15) is 75.8 Å². The number of pyridine rings is 1. The van der Waals surface area contributed by atoms with Crippen molar-refractivity contribution in [2.24, 2.45) is 5.92 Å². The molecular formula is C38H55N5O3. The summed E-state index contributed by atoms with van der Waals surface area (Å²) >= 11 is 0. The molecule has 2 heterocycles. The smallest absolute Gasteiger partial charge is 0.224 e. The Bertz CT molecular complexity index is 1290. The van der Waals surface area contributed by atoms with Gasteiger partial charge in [0, 0.05) is 63.1 Å². The third kappa shape index (κ3) is 12.7. The number of fused-ring (bicyclic) bond motifs is 1. The van der Waals surface area contributed by atoms with Crippen molar-refractivity contribution in [3.8, 4) is 0 Å². The molecule has 2 amide bonds. The van der Waals surface area contributed by atoms with E-state index in [0.717, 1.165) is 51.1 Å². The lowest BCUT2D eigenvalue weighted by molar-refractivity contribution is -0.127. The number of amides is 2. The van der Waals surface area contributed by atoms with Crippen molar-refractivity contribution in [2.75, 3.05) is 32.7 Å². The summed E-state index contributed by atoms with van der Waals surface area (Å²) in [6.45, 7) is 15.1. The van der Waals surface area contributed by atoms with Crippen LogP contribution in [0.4, 0.5) is 0 Å². The van der Waals surface area contributed by atoms with Crippen LogP contribution in [0.15, 0.2) is 79.1 Å². The Labute approximate surface area is 276 Å². The number of hydrogen-bond acceptors (Lipinski definition) is 6. The molecule has 3 atom stereocenters. The van der Waals surface area contributed by atoms with E-state index >= 15 is 0 Å². The van der Waals surface area contributed by atoms with Gasteiger partial charge in [0.1, 0.15) is 0 Å². The first-order valence-corrected chi connectivity index (χ1v) is 16.9. The predicted molar refractivity (Wildman–Crippen MR) is 186 cm³/mol. The number of carbonyl (C=O) groups is 2. The lowest BCUT2D eigenvalue weighted by Crippen LogP contribution is -2.48. The maximum Gasteiger partial charge on any atom is 0.224 e. The number of β-amino-alcohol motifs (C(OH)–C–C–N with tert-alkyl or cyclic N) is 1. The highest BCUT2D eigenvalue weighted by Gasteiger charge is 2.29. The number of carbonyl (C=O) groups excluding carboxylic acids is 2. The zero-order valence-corrected chi connectivity index (χ0v) is 28.5. The normalized spacial score (nSPS) is 17.7. The maximum atomic E-state index is 13.5. The number of hydrogen-bond donors (Lipinski definition) is 3. The molecule has 3 N–H and O–H groups in total. The molecule has 2 aliphatic rings. The molecule has 3 aromatic rings. The second-order valence-corrected chi connectivity index (χ2v) is 13.0. The Balaban J connectivity index is 0.000000568. The molecule has 1 aliphatic carbocycles. The van der Waals surface area contributed by atoms with E-state index in [1.807, 2.05) is 71.1 Å². The highest BCUT2D eigenvalue weighted by atomic mass is 16.3. The third-order valence-electron chi connectivity index (χ3n) is 8.26. The van der Waals surface area contributed by atoms with Gasteiger partial charge in [0.25, 0.3) is 0 Å². The van der Waals surface area contributed by atoms with Gasteiger partial charge in [-0.2, -0.15) is 0 Å². The summed E-state index contributed by atoms with van der Waals surface area (Å²) in [5.74, 6) is -0.220. The predicted octanol–water partition coefficient (Wildman–Crippen LogP) is 5.17. The third-order valence-corrected chi connectivity index (χ3v) is 8.26.